The third kappa shape index (κ3) is 2.95. The molecule has 3 rings (SSSR count). The molecule has 6 heteroatoms. The van der Waals surface area contributed by atoms with E-state index in [-0.39, 0.29) is 5.91 Å². The van der Waals surface area contributed by atoms with Gasteiger partial charge in [-0.05, 0) is 31.5 Å². The molecule has 0 radical (unpaired) electrons. The average molecular weight is 320 g/mol. The first-order valence-corrected chi connectivity index (χ1v) is 8.01. The molecule has 2 saturated heterocycles. The number of benzene rings is 1. The maximum absolute atomic E-state index is 12.9. The van der Waals surface area contributed by atoms with E-state index in [9.17, 15) is 4.79 Å². The van der Waals surface area contributed by atoms with Gasteiger partial charge < -0.3 is 19.1 Å². The van der Waals surface area contributed by atoms with Gasteiger partial charge in [-0.25, -0.2) is 0 Å². The number of nitrogens with zero attached hydrogens (tertiary/aromatic N) is 2. The fraction of sp³-hybridized carbons (Fsp3) is 0.588. The number of ether oxygens (including phenoxy) is 3. The van der Waals surface area contributed by atoms with E-state index in [1.807, 2.05) is 4.90 Å². The molecule has 0 saturated carbocycles. The first kappa shape index (κ1) is 15.9. The van der Waals surface area contributed by atoms with Gasteiger partial charge in [-0.1, -0.05) is 0 Å². The van der Waals surface area contributed by atoms with Crippen molar-refractivity contribution in [2.75, 3.05) is 47.5 Å². The van der Waals surface area contributed by atoms with E-state index in [0.717, 1.165) is 26.2 Å². The predicted molar refractivity (Wildman–Crippen MR) is 86.6 cm³/mol. The zero-order valence-electron chi connectivity index (χ0n) is 14.0. The van der Waals surface area contributed by atoms with E-state index in [1.54, 1.807) is 33.5 Å². The van der Waals surface area contributed by atoms with Gasteiger partial charge in [-0.2, -0.15) is 0 Å². The Morgan fingerprint density at radius 3 is 2.35 bits per heavy atom. The van der Waals surface area contributed by atoms with Gasteiger partial charge in [0.25, 0.3) is 5.91 Å². The smallest absolute Gasteiger partial charge is 0.254 e. The van der Waals surface area contributed by atoms with Gasteiger partial charge in [0.05, 0.1) is 21.3 Å². The largest absolute Gasteiger partial charge is 0.493 e. The number of methoxy groups -OCH3 is 3. The lowest BCUT2D eigenvalue weighted by Gasteiger charge is -2.37. The lowest BCUT2D eigenvalue weighted by Crippen LogP contribution is -2.52. The number of hydrogen-bond acceptors (Lipinski definition) is 5. The summed E-state index contributed by atoms with van der Waals surface area (Å²) in [6.45, 7) is 3.69. The van der Waals surface area contributed by atoms with E-state index >= 15 is 0 Å². The van der Waals surface area contributed by atoms with Crippen LogP contribution in [0.3, 0.4) is 0 Å². The third-order valence-corrected chi connectivity index (χ3v) is 4.79. The standard InChI is InChI=1S/C17H24N2O4/c1-21-14-9-12(10-15(22-2)16(14)23-3)17(20)19-8-7-18-6-4-5-13(18)11-19/h9-10,13H,4-8,11H2,1-3H3. The normalized spacial score (nSPS) is 21.0. The second-order valence-corrected chi connectivity index (χ2v) is 6.00. The molecule has 1 aromatic rings. The molecule has 2 heterocycles. The molecule has 1 aromatic carbocycles. The Morgan fingerprint density at radius 2 is 1.74 bits per heavy atom. The van der Waals surface area contributed by atoms with Crippen LogP contribution in [0.25, 0.3) is 0 Å². The first-order chi connectivity index (χ1) is 11.2. The van der Waals surface area contributed by atoms with Crippen LogP contribution in [0, 0.1) is 0 Å². The summed E-state index contributed by atoms with van der Waals surface area (Å²) in [7, 11) is 4.67. The van der Waals surface area contributed by atoms with Crippen molar-refractivity contribution in [3.05, 3.63) is 17.7 Å². The highest BCUT2D eigenvalue weighted by atomic mass is 16.5. The Hall–Kier alpha value is -1.95. The molecule has 6 nitrogen and oxygen atoms in total. The summed E-state index contributed by atoms with van der Waals surface area (Å²) in [5, 5.41) is 0. The van der Waals surface area contributed by atoms with Gasteiger partial charge >= 0.3 is 0 Å². The van der Waals surface area contributed by atoms with Crippen LogP contribution in [0.1, 0.15) is 23.2 Å². The first-order valence-electron chi connectivity index (χ1n) is 8.01. The quantitative estimate of drug-likeness (QED) is 0.844. The van der Waals surface area contributed by atoms with Crippen LogP contribution in [0.15, 0.2) is 12.1 Å². The summed E-state index contributed by atoms with van der Waals surface area (Å²) in [6, 6.07) is 3.96. The molecule has 1 amide bonds. The molecule has 2 aliphatic rings. The minimum absolute atomic E-state index is 0.0239. The van der Waals surface area contributed by atoms with Crippen molar-refractivity contribution in [1.82, 2.24) is 9.80 Å². The molecule has 2 aliphatic heterocycles. The molecule has 0 spiro atoms. The summed E-state index contributed by atoms with van der Waals surface area (Å²) in [6.07, 6.45) is 2.41. The van der Waals surface area contributed by atoms with Crippen molar-refractivity contribution in [1.29, 1.82) is 0 Å². The minimum Gasteiger partial charge on any atom is -0.493 e. The fourth-order valence-corrected chi connectivity index (χ4v) is 3.56. The molecule has 0 aliphatic carbocycles. The van der Waals surface area contributed by atoms with Crippen LogP contribution in [-0.2, 0) is 0 Å². The molecular weight excluding hydrogens is 296 g/mol. The summed E-state index contributed by atoms with van der Waals surface area (Å²) in [5.74, 6) is 1.55. The van der Waals surface area contributed by atoms with Crippen LogP contribution in [0.4, 0.5) is 0 Å². The Labute approximate surface area is 136 Å². The highest BCUT2D eigenvalue weighted by molar-refractivity contribution is 5.95. The van der Waals surface area contributed by atoms with Crippen LogP contribution >= 0.6 is 0 Å². The molecule has 23 heavy (non-hydrogen) atoms. The summed E-state index contributed by atoms with van der Waals surface area (Å²) in [4.78, 5) is 17.3. The van der Waals surface area contributed by atoms with E-state index in [0.29, 0.717) is 28.9 Å². The predicted octanol–water partition coefficient (Wildman–Crippen LogP) is 1.63. The number of rotatable bonds is 4. The number of carbonyl (C=O) groups excluding carboxylic acids is 1. The zero-order chi connectivity index (χ0) is 16.4. The molecule has 0 N–H and O–H groups in total. The summed E-state index contributed by atoms with van der Waals surface area (Å²) < 4.78 is 16.0. The monoisotopic (exact) mass is 320 g/mol. The van der Waals surface area contributed by atoms with Crippen LogP contribution in [0.2, 0.25) is 0 Å². The topological polar surface area (TPSA) is 51.2 Å². The highest BCUT2D eigenvalue weighted by Crippen LogP contribution is 2.38. The van der Waals surface area contributed by atoms with E-state index < -0.39 is 0 Å². The molecule has 0 bridgehead atoms. The SMILES string of the molecule is COc1cc(C(=O)N2CCN3CCCC3C2)cc(OC)c1OC. The van der Waals surface area contributed by atoms with Crippen molar-refractivity contribution in [3.63, 3.8) is 0 Å². The number of carbonyl (C=O) groups is 1. The average Bonchev–Trinajstić information content (AvgIpc) is 3.07. The second-order valence-electron chi connectivity index (χ2n) is 6.00. The van der Waals surface area contributed by atoms with Crippen LogP contribution in [0.5, 0.6) is 17.2 Å². The molecule has 0 aromatic heterocycles. The molecule has 126 valence electrons. The molecule has 1 unspecified atom stereocenters. The van der Waals surface area contributed by atoms with E-state index in [4.69, 9.17) is 14.2 Å². The maximum Gasteiger partial charge on any atom is 0.254 e. The fourth-order valence-electron chi connectivity index (χ4n) is 3.56. The maximum atomic E-state index is 12.9. The zero-order valence-corrected chi connectivity index (χ0v) is 14.0. The van der Waals surface area contributed by atoms with Crippen molar-refractivity contribution >= 4 is 5.91 Å². The molecular formula is C17H24N2O4. The Morgan fingerprint density at radius 1 is 1.04 bits per heavy atom. The van der Waals surface area contributed by atoms with Crippen LogP contribution < -0.4 is 14.2 Å². The van der Waals surface area contributed by atoms with Gasteiger partial charge in [0.15, 0.2) is 11.5 Å². The lowest BCUT2D eigenvalue weighted by molar-refractivity contribution is 0.0570. The lowest BCUT2D eigenvalue weighted by atomic mass is 10.1. The number of amides is 1. The summed E-state index contributed by atoms with van der Waals surface area (Å²) >= 11 is 0. The van der Waals surface area contributed by atoms with Gasteiger partial charge in [0.2, 0.25) is 5.75 Å². The van der Waals surface area contributed by atoms with Crippen molar-refractivity contribution in [3.8, 4) is 17.2 Å². The van der Waals surface area contributed by atoms with Gasteiger partial charge in [-0.15, -0.1) is 0 Å². The van der Waals surface area contributed by atoms with E-state index in [1.165, 1.54) is 12.8 Å². The van der Waals surface area contributed by atoms with Gasteiger partial charge in [0.1, 0.15) is 0 Å². The number of fused-ring (bicyclic) bond motifs is 1. The number of piperazine rings is 1. The van der Waals surface area contributed by atoms with Gasteiger partial charge in [-0.3, -0.25) is 9.69 Å². The van der Waals surface area contributed by atoms with Gasteiger partial charge in [0, 0.05) is 31.2 Å². The van der Waals surface area contributed by atoms with Crippen molar-refractivity contribution < 1.29 is 19.0 Å². The highest BCUT2D eigenvalue weighted by Gasteiger charge is 2.33. The Bertz CT molecular complexity index is 565. The van der Waals surface area contributed by atoms with Crippen LogP contribution in [-0.4, -0.2) is 69.3 Å². The Balaban J connectivity index is 1.84. The van der Waals surface area contributed by atoms with Crippen molar-refractivity contribution in [2.45, 2.75) is 18.9 Å². The Kier molecular flexibility index (Phi) is 4.61. The second kappa shape index (κ2) is 6.66. The third-order valence-electron chi connectivity index (χ3n) is 4.79. The summed E-state index contributed by atoms with van der Waals surface area (Å²) in [5.41, 5.74) is 0.575. The molecule has 1 atom stereocenters. The minimum atomic E-state index is 0.0239. The number of hydrogen-bond donors (Lipinski definition) is 0. The molecule has 2 fully saturated rings. The van der Waals surface area contributed by atoms with E-state index in [2.05, 4.69) is 4.90 Å². The van der Waals surface area contributed by atoms with Crippen molar-refractivity contribution in [2.24, 2.45) is 0 Å².